The molecule has 0 aromatic carbocycles. The number of nitrogens with zero attached hydrogens (tertiary/aromatic N) is 3. The monoisotopic (exact) mass is 199 g/mol. The van der Waals surface area contributed by atoms with Gasteiger partial charge in [0.1, 0.15) is 17.3 Å². The Morgan fingerprint density at radius 2 is 2.31 bits per heavy atom. The van der Waals surface area contributed by atoms with Crippen molar-refractivity contribution < 1.29 is 5.11 Å². The van der Waals surface area contributed by atoms with Crippen LogP contribution in [-0.2, 0) is 0 Å². The third-order valence-electron chi connectivity index (χ3n) is 2.16. The van der Waals surface area contributed by atoms with E-state index in [-0.39, 0.29) is 6.61 Å². The van der Waals surface area contributed by atoms with Crippen molar-refractivity contribution in [1.29, 1.82) is 0 Å². The fourth-order valence-electron chi connectivity index (χ4n) is 1.37. The normalized spacial score (nSPS) is 17.2. The van der Waals surface area contributed by atoms with Gasteiger partial charge >= 0.3 is 0 Å². The van der Waals surface area contributed by atoms with Crippen molar-refractivity contribution >= 4 is 17.4 Å². The molecule has 0 amide bonds. The van der Waals surface area contributed by atoms with Crippen molar-refractivity contribution in [3.63, 3.8) is 0 Å². The maximum Gasteiger partial charge on any atom is 0.134 e. The molecular formula is C8H10ClN3O. The Hall–Kier alpha value is -0.870. The molecule has 0 unspecified atom stereocenters. The lowest BCUT2D eigenvalue weighted by atomic mass is 10.0. The summed E-state index contributed by atoms with van der Waals surface area (Å²) in [5, 5.41) is 9.28. The first kappa shape index (κ1) is 8.72. The van der Waals surface area contributed by atoms with Crippen LogP contribution in [-0.4, -0.2) is 34.8 Å². The van der Waals surface area contributed by atoms with Crippen LogP contribution in [0.2, 0.25) is 5.15 Å². The molecule has 13 heavy (non-hydrogen) atoms. The highest BCUT2D eigenvalue weighted by molar-refractivity contribution is 6.29. The van der Waals surface area contributed by atoms with E-state index in [9.17, 15) is 0 Å². The number of anilines is 1. The van der Waals surface area contributed by atoms with Crippen LogP contribution in [0.1, 0.15) is 0 Å². The molecule has 1 saturated heterocycles. The van der Waals surface area contributed by atoms with Gasteiger partial charge < -0.3 is 10.0 Å². The maximum absolute atomic E-state index is 8.82. The Kier molecular flexibility index (Phi) is 2.33. The number of halogens is 1. The first-order valence-corrected chi connectivity index (χ1v) is 4.50. The SMILES string of the molecule is OCC1CN(c2cc(Cl)ncn2)C1. The van der Waals surface area contributed by atoms with Crippen LogP contribution >= 0.6 is 11.6 Å². The van der Waals surface area contributed by atoms with Gasteiger partial charge in [-0.25, -0.2) is 9.97 Å². The van der Waals surface area contributed by atoms with Gasteiger partial charge in [-0.1, -0.05) is 11.6 Å². The van der Waals surface area contributed by atoms with Crippen LogP contribution < -0.4 is 4.90 Å². The second-order valence-corrected chi connectivity index (χ2v) is 3.54. The van der Waals surface area contributed by atoms with Crippen molar-refractivity contribution in [2.45, 2.75) is 0 Å². The predicted octanol–water partition coefficient (Wildman–Crippen LogP) is 0.558. The van der Waals surface area contributed by atoms with Crippen molar-refractivity contribution in [2.24, 2.45) is 5.92 Å². The van der Waals surface area contributed by atoms with E-state index in [0.29, 0.717) is 11.1 Å². The lowest BCUT2D eigenvalue weighted by Gasteiger charge is -2.39. The van der Waals surface area contributed by atoms with Gasteiger partial charge in [0.25, 0.3) is 0 Å². The van der Waals surface area contributed by atoms with E-state index in [4.69, 9.17) is 16.7 Å². The standard InChI is InChI=1S/C8H10ClN3O/c9-7-1-8(11-5-10-7)12-2-6(3-12)4-13/h1,5-6,13H,2-4H2. The summed E-state index contributed by atoms with van der Waals surface area (Å²) in [7, 11) is 0. The second-order valence-electron chi connectivity index (χ2n) is 3.15. The van der Waals surface area contributed by atoms with Gasteiger partial charge in [0, 0.05) is 31.7 Å². The van der Waals surface area contributed by atoms with Gasteiger partial charge in [0.2, 0.25) is 0 Å². The quantitative estimate of drug-likeness (QED) is 0.708. The molecule has 0 spiro atoms. The minimum absolute atomic E-state index is 0.245. The van der Waals surface area contributed by atoms with Crippen LogP contribution in [0.5, 0.6) is 0 Å². The molecule has 2 heterocycles. The average Bonchev–Trinajstić information content (AvgIpc) is 2.02. The van der Waals surface area contributed by atoms with E-state index >= 15 is 0 Å². The fourth-order valence-corrected chi connectivity index (χ4v) is 1.51. The molecule has 1 aromatic rings. The van der Waals surface area contributed by atoms with E-state index in [1.165, 1.54) is 6.33 Å². The molecule has 5 heteroatoms. The summed E-state index contributed by atoms with van der Waals surface area (Å²) in [6.45, 7) is 1.95. The third-order valence-corrected chi connectivity index (χ3v) is 2.37. The maximum atomic E-state index is 8.82. The highest BCUT2D eigenvalue weighted by atomic mass is 35.5. The molecule has 1 fully saturated rings. The number of rotatable bonds is 2. The minimum atomic E-state index is 0.245. The van der Waals surface area contributed by atoms with Crippen LogP contribution in [0, 0.1) is 5.92 Å². The first-order chi connectivity index (χ1) is 6.29. The molecule has 2 rings (SSSR count). The first-order valence-electron chi connectivity index (χ1n) is 4.13. The molecule has 0 bridgehead atoms. The molecule has 4 nitrogen and oxygen atoms in total. The smallest absolute Gasteiger partial charge is 0.134 e. The fraction of sp³-hybridized carbons (Fsp3) is 0.500. The van der Waals surface area contributed by atoms with Gasteiger partial charge in [0.15, 0.2) is 0 Å². The van der Waals surface area contributed by atoms with Crippen LogP contribution in [0.4, 0.5) is 5.82 Å². The van der Waals surface area contributed by atoms with E-state index in [2.05, 4.69) is 14.9 Å². The topological polar surface area (TPSA) is 49.2 Å². The summed E-state index contributed by atoms with van der Waals surface area (Å²) in [5.41, 5.74) is 0. The van der Waals surface area contributed by atoms with Gasteiger partial charge in [-0.05, 0) is 0 Å². The van der Waals surface area contributed by atoms with Crippen molar-refractivity contribution in [2.75, 3.05) is 24.6 Å². The molecule has 1 N–H and O–H groups in total. The second kappa shape index (κ2) is 3.47. The Morgan fingerprint density at radius 3 is 2.92 bits per heavy atom. The van der Waals surface area contributed by atoms with Gasteiger partial charge in [-0.2, -0.15) is 0 Å². The number of aliphatic hydroxyl groups is 1. The van der Waals surface area contributed by atoms with Crippen molar-refractivity contribution in [3.8, 4) is 0 Å². The Labute approximate surface area is 81.2 Å². The lowest BCUT2D eigenvalue weighted by molar-refractivity contribution is 0.200. The van der Waals surface area contributed by atoms with E-state index in [1.807, 2.05) is 0 Å². The summed E-state index contributed by atoms with van der Waals surface area (Å²) >= 11 is 5.71. The summed E-state index contributed by atoms with van der Waals surface area (Å²) in [4.78, 5) is 9.94. The number of aromatic nitrogens is 2. The lowest BCUT2D eigenvalue weighted by Crippen LogP contribution is -2.48. The highest BCUT2D eigenvalue weighted by Crippen LogP contribution is 2.23. The van der Waals surface area contributed by atoms with Gasteiger partial charge in [-0.3, -0.25) is 0 Å². The largest absolute Gasteiger partial charge is 0.396 e. The van der Waals surface area contributed by atoms with Crippen LogP contribution in [0.25, 0.3) is 0 Å². The number of hydrogen-bond donors (Lipinski definition) is 1. The molecule has 0 atom stereocenters. The van der Waals surface area contributed by atoms with Gasteiger partial charge in [-0.15, -0.1) is 0 Å². The average molecular weight is 200 g/mol. The van der Waals surface area contributed by atoms with Crippen molar-refractivity contribution in [3.05, 3.63) is 17.5 Å². The van der Waals surface area contributed by atoms with Crippen molar-refractivity contribution in [1.82, 2.24) is 9.97 Å². The Bertz CT molecular complexity index is 301. The van der Waals surface area contributed by atoms with Crippen LogP contribution in [0.15, 0.2) is 12.4 Å². The van der Waals surface area contributed by atoms with E-state index in [1.54, 1.807) is 6.07 Å². The van der Waals surface area contributed by atoms with E-state index < -0.39 is 0 Å². The highest BCUT2D eigenvalue weighted by Gasteiger charge is 2.26. The zero-order chi connectivity index (χ0) is 9.26. The Morgan fingerprint density at radius 1 is 1.54 bits per heavy atom. The summed E-state index contributed by atoms with van der Waals surface area (Å²) in [6, 6.07) is 1.73. The predicted molar refractivity (Wildman–Crippen MR) is 49.8 cm³/mol. The minimum Gasteiger partial charge on any atom is -0.396 e. The van der Waals surface area contributed by atoms with E-state index in [0.717, 1.165) is 18.9 Å². The Balaban J connectivity index is 2.03. The molecule has 0 aliphatic carbocycles. The summed E-state index contributed by atoms with van der Waals surface area (Å²) < 4.78 is 0. The molecule has 1 aromatic heterocycles. The zero-order valence-electron chi connectivity index (χ0n) is 7.02. The third kappa shape index (κ3) is 1.73. The molecule has 70 valence electrons. The molecular weight excluding hydrogens is 190 g/mol. The van der Waals surface area contributed by atoms with Gasteiger partial charge in [0.05, 0.1) is 0 Å². The number of aliphatic hydroxyl groups excluding tert-OH is 1. The number of hydrogen-bond acceptors (Lipinski definition) is 4. The van der Waals surface area contributed by atoms with Crippen LogP contribution in [0.3, 0.4) is 0 Å². The summed E-state index contributed by atoms with van der Waals surface area (Å²) in [6.07, 6.45) is 1.45. The summed E-state index contributed by atoms with van der Waals surface area (Å²) in [5.74, 6) is 1.22. The molecule has 1 aliphatic heterocycles. The molecule has 0 saturated carbocycles. The molecule has 1 aliphatic rings. The zero-order valence-corrected chi connectivity index (χ0v) is 7.78. The molecule has 0 radical (unpaired) electrons.